The molecule has 2 rings (SSSR count). The van der Waals surface area contributed by atoms with Crippen LogP contribution in [0, 0.1) is 12.3 Å². The molecule has 0 unspecified atom stereocenters. The third kappa shape index (κ3) is 2.04. The number of hydrogen-bond acceptors (Lipinski definition) is 1. The van der Waals surface area contributed by atoms with Crippen molar-refractivity contribution >= 4 is 5.91 Å². The Morgan fingerprint density at radius 3 is 2.20 bits per heavy atom. The molecule has 2 nitrogen and oxygen atoms in total. The molecule has 80 valence electrons. The molecular weight excluding hydrogens is 186 g/mol. The van der Waals surface area contributed by atoms with Crippen molar-refractivity contribution in [1.29, 1.82) is 0 Å². The lowest BCUT2D eigenvalue weighted by Crippen LogP contribution is -2.55. The number of nitrogens with zero attached hydrogens (tertiary/aromatic N) is 1. The summed E-state index contributed by atoms with van der Waals surface area (Å²) in [5.74, 6) is 0.161. The standard InChI is InChI=1S/C13H17NO/c1-10-4-6-11(7-5-10)12(15)14-8-13(2,3)9-14/h4-7H,8-9H2,1-3H3. The summed E-state index contributed by atoms with van der Waals surface area (Å²) in [5, 5.41) is 0. The lowest BCUT2D eigenvalue weighted by molar-refractivity contribution is 0.0236. The summed E-state index contributed by atoms with van der Waals surface area (Å²) in [5.41, 5.74) is 2.30. The van der Waals surface area contributed by atoms with Crippen molar-refractivity contribution in [3.8, 4) is 0 Å². The van der Waals surface area contributed by atoms with Crippen molar-refractivity contribution in [2.24, 2.45) is 5.41 Å². The average molecular weight is 203 g/mol. The van der Waals surface area contributed by atoms with Gasteiger partial charge >= 0.3 is 0 Å². The average Bonchev–Trinajstić information content (AvgIpc) is 2.14. The van der Waals surface area contributed by atoms with E-state index in [1.807, 2.05) is 36.1 Å². The van der Waals surface area contributed by atoms with Crippen LogP contribution in [0.5, 0.6) is 0 Å². The third-order valence-electron chi connectivity index (χ3n) is 2.82. The van der Waals surface area contributed by atoms with Gasteiger partial charge in [-0.3, -0.25) is 4.79 Å². The Morgan fingerprint density at radius 2 is 1.73 bits per heavy atom. The lowest BCUT2D eigenvalue weighted by Gasteiger charge is -2.45. The highest BCUT2D eigenvalue weighted by atomic mass is 16.2. The van der Waals surface area contributed by atoms with Gasteiger partial charge in [0.1, 0.15) is 0 Å². The minimum absolute atomic E-state index is 0.161. The first-order valence-corrected chi connectivity index (χ1v) is 5.34. The van der Waals surface area contributed by atoms with E-state index >= 15 is 0 Å². The van der Waals surface area contributed by atoms with E-state index in [0.29, 0.717) is 5.41 Å². The summed E-state index contributed by atoms with van der Waals surface area (Å²) in [6.07, 6.45) is 0. The second kappa shape index (κ2) is 3.37. The van der Waals surface area contributed by atoms with Crippen LogP contribution in [0.2, 0.25) is 0 Å². The van der Waals surface area contributed by atoms with E-state index < -0.39 is 0 Å². The molecule has 15 heavy (non-hydrogen) atoms. The van der Waals surface area contributed by atoms with Crippen LogP contribution in [-0.4, -0.2) is 23.9 Å². The van der Waals surface area contributed by atoms with Crippen molar-refractivity contribution < 1.29 is 4.79 Å². The van der Waals surface area contributed by atoms with Gasteiger partial charge in [-0.25, -0.2) is 0 Å². The van der Waals surface area contributed by atoms with Crippen LogP contribution in [0.15, 0.2) is 24.3 Å². The minimum Gasteiger partial charge on any atom is -0.337 e. The van der Waals surface area contributed by atoms with Crippen LogP contribution in [0.1, 0.15) is 29.8 Å². The zero-order valence-electron chi connectivity index (χ0n) is 9.58. The van der Waals surface area contributed by atoms with Crippen molar-refractivity contribution in [1.82, 2.24) is 4.90 Å². The Bertz CT molecular complexity index is 370. The number of amides is 1. The molecule has 0 saturated carbocycles. The van der Waals surface area contributed by atoms with Gasteiger partial charge in [0.15, 0.2) is 0 Å². The fourth-order valence-corrected chi connectivity index (χ4v) is 2.01. The largest absolute Gasteiger partial charge is 0.337 e. The Balaban J connectivity index is 2.07. The zero-order valence-corrected chi connectivity index (χ0v) is 9.58. The molecule has 1 aromatic carbocycles. The molecule has 1 aromatic rings. The van der Waals surface area contributed by atoms with Crippen LogP contribution in [0.3, 0.4) is 0 Å². The SMILES string of the molecule is Cc1ccc(C(=O)N2CC(C)(C)C2)cc1. The van der Waals surface area contributed by atoms with E-state index in [0.717, 1.165) is 18.7 Å². The first-order valence-electron chi connectivity index (χ1n) is 5.34. The number of rotatable bonds is 1. The monoisotopic (exact) mass is 203 g/mol. The molecule has 1 aliphatic rings. The molecule has 1 saturated heterocycles. The smallest absolute Gasteiger partial charge is 0.253 e. The Hall–Kier alpha value is -1.31. The molecule has 0 spiro atoms. The predicted molar refractivity (Wildman–Crippen MR) is 60.9 cm³/mol. The van der Waals surface area contributed by atoms with Crippen molar-refractivity contribution in [3.63, 3.8) is 0 Å². The van der Waals surface area contributed by atoms with Gasteiger partial charge in [0.2, 0.25) is 0 Å². The van der Waals surface area contributed by atoms with E-state index in [1.54, 1.807) is 0 Å². The number of carbonyl (C=O) groups excluding carboxylic acids is 1. The number of hydrogen-bond donors (Lipinski definition) is 0. The summed E-state index contributed by atoms with van der Waals surface area (Å²) in [4.78, 5) is 13.9. The van der Waals surface area contributed by atoms with E-state index in [9.17, 15) is 4.79 Å². The second-order valence-electron chi connectivity index (χ2n) is 5.19. The van der Waals surface area contributed by atoms with E-state index in [-0.39, 0.29) is 5.91 Å². The molecule has 1 amide bonds. The molecule has 0 bridgehead atoms. The van der Waals surface area contributed by atoms with Gasteiger partial charge in [0.25, 0.3) is 5.91 Å². The highest BCUT2D eigenvalue weighted by molar-refractivity contribution is 5.94. The molecule has 2 heteroatoms. The number of likely N-dealkylation sites (tertiary alicyclic amines) is 1. The van der Waals surface area contributed by atoms with Crippen molar-refractivity contribution in [2.45, 2.75) is 20.8 Å². The molecule has 0 aliphatic carbocycles. The van der Waals surface area contributed by atoms with Crippen molar-refractivity contribution in [2.75, 3.05) is 13.1 Å². The number of aryl methyl sites for hydroxylation is 1. The Kier molecular flexibility index (Phi) is 2.29. The molecular formula is C13H17NO. The van der Waals surface area contributed by atoms with Crippen LogP contribution in [-0.2, 0) is 0 Å². The zero-order chi connectivity index (χ0) is 11.1. The van der Waals surface area contributed by atoms with Crippen molar-refractivity contribution in [3.05, 3.63) is 35.4 Å². The van der Waals surface area contributed by atoms with Crippen LogP contribution in [0.25, 0.3) is 0 Å². The summed E-state index contributed by atoms with van der Waals surface area (Å²) < 4.78 is 0. The van der Waals surface area contributed by atoms with Crippen LogP contribution in [0.4, 0.5) is 0 Å². The molecule has 1 aliphatic heterocycles. The van der Waals surface area contributed by atoms with Gasteiger partial charge in [-0.05, 0) is 24.5 Å². The molecule has 0 radical (unpaired) electrons. The first-order chi connectivity index (χ1) is 6.98. The summed E-state index contributed by atoms with van der Waals surface area (Å²) in [7, 11) is 0. The van der Waals surface area contributed by atoms with Gasteiger partial charge in [0, 0.05) is 18.7 Å². The summed E-state index contributed by atoms with van der Waals surface area (Å²) in [6.45, 7) is 8.15. The van der Waals surface area contributed by atoms with E-state index in [2.05, 4.69) is 13.8 Å². The topological polar surface area (TPSA) is 20.3 Å². The minimum atomic E-state index is 0.161. The molecule has 0 atom stereocenters. The van der Waals surface area contributed by atoms with Gasteiger partial charge in [-0.2, -0.15) is 0 Å². The van der Waals surface area contributed by atoms with E-state index in [1.165, 1.54) is 5.56 Å². The molecule has 1 fully saturated rings. The van der Waals surface area contributed by atoms with Gasteiger partial charge < -0.3 is 4.90 Å². The first kappa shape index (κ1) is 10.2. The molecule has 0 aromatic heterocycles. The fourth-order valence-electron chi connectivity index (χ4n) is 2.01. The van der Waals surface area contributed by atoms with Gasteiger partial charge in [0.05, 0.1) is 0 Å². The maximum absolute atomic E-state index is 12.0. The van der Waals surface area contributed by atoms with Crippen LogP contribution < -0.4 is 0 Å². The molecule has 0 N–H and O–H groups in total. The Labute approximate surface area is 90.9 Å². The normalized spacial score (nSPS) is 18.5. The second-order valence-corrected chi connectivity index (χ2v) is 5.19. The maximum Gasteiger partial charge on any atom is 0.253 e. The Morgan fingerprint density at radius 1 is 1.20 bits per heavy atom. The maximum atomic E-state index is 12.0. The van der Waals surface area contributed by atoms with Gasteiger partial charge in [-0.1, -0.05) is 31.5 Å². The number of carbonyl (C=O) groups is 1. The fraction of sp³-hybridized carbons (Fsp3) is 0.462. The quantitative estimate of drug-likeness (QED) is 0.686. The van der Waals surface area contributed by atoms with Gasteiger partial charge in [-0.15, -0.1) is 0 Å². The van der Waals surface area contributed by atoms with Crippen LogP contribution >= 0.6 is 0 Å². The number of benzene rings is 1. The third-order valence-corrected chi connectivity index (χ3v) is 2.82. The molecule has 1 heterocycles. The summed E-state index contributed by atoms with van der Waals surface area (Å²) >= 11 is 0. The highest BCUT2D eigenvalue weighted by Gasteiger charge is 2.37. The highest BCUT2D eigenvalue weighted by Crippen LogP contribution is 2.29. The summed E-state index contributed by atoms with van der Waals surface area (Å²) in [6, 6.07) is 7.78. The van der Waals surface area contributed by atoms with E-state index in [4.69, 9.17) is 0 Å². The lowest BCUT2D eigenvalue weighted by atomic mass is 9.84. The predicted octanol–water partition coefficient (Wildman–Crippen LogP) is 2.48.